The predicted molar refractivity (Wildman–Crippen MR) is 85.2 cm³/mol. The quantitative estimate of drug-likeness (QED) is 0.757. The van der Waals surface area contributed by atoms with Crippen molar-refractivity contribution in [3.8, 4) is 0 Å². The minimum absolute atomic E-state index is 0.494. The summed E-state index contributed by atoms with van der Waals surface area (Å²) in [6, 6.07) is 7.14. The molecule has 0 saturated carbocycles. The average molecular weight is 311 g/mol. The third kappa shape index (κ3) is 4.25. The fraction of sp³-hybridized carbons (Fsp3) is 0.286. The van der Waals surface area contributed by atoms with Crippen LogP contribution >= 0.6 is 23.2 Å². The summed E-state index contributed by atoms with van der Waals surface area (Å²) in [6.07, 6.45) is 3.97. The molecule has 20 heavy (non-hydrogen) atoms. The number of rotatable bonds is 6. The summed E-state index contributed by atoms with van der Waals surface area (Å²) in [5.41, 5.74) is 0.796. The fourth-order valence-corrected chi connectivity index (χ4v) is 1.91. The Bertz CT molecular complexity index is 575. The lowest BCUT2D eigenvalue weighted by molar-refractivity contribution is 0.830. The van der Waals surface area contributed by atoms with Gasteiger partial charge < -0.3 is 10.6 Å². The zero-order valence-corrected chi connectivity index (χ0v) is 12.7. The molecule has 0 fully saturated rings. The highest BCUT2D eigenvalue weighted by molar-refractivity contribution is 6.42. The van der Waals surface area contributed by atoms with Crippen LogP contribution < -0.4 is 10.6 Å². The summed E-state index contributed by atoms with van der Waals surface area (Å²) < 4.78 is 0. The Balaban J connectivity index is 2.05. The van der Waals surface area contributed by atoms with E-state index in [0.717, 1.165) is 30.9 Å². The first-order valence-corrected chi connectivity index (χ1v) is 7.23. The molecule has 0 saturated heterocycles. The van der Waals surface area contributed by atoms with Crippen molar-refractivity contribution in [1.82, 2.24) is 9.97 Å². The molecule has 0 aliphatic rings. The minimum atomic E-state index is 0.494. The van der Waals surface area contributed by atoms with Crippen molar-refractivity contribution < 1.29 is 0 Å². The molecule has 1 aromatic heterocycles. The molecular formula is C14H16Cl2N4. The molecular weight excluding hydrogens is 295 g/mol. The van der Waals surface area contributed by atoms with Crippen molar-refractivity contribution >= 4 is 40.7 Å². The van der Waals surface area contributed by atoms with Crippen LogP contribution in [-0.2, 0) is 0 Å². The van der Waals surface area contributed by atoms with E-state index in [1.165, 1.54) is 0 Å². The van der Waals surface area contributed by atoms with Crippen LogP contribution in [-0.4, -0.2) is 16.5 Å². The van der Waals surface area contributed by atoms with Gasteiger partial charge in [0.15, 0.2) is 0 Å². The number of halogens is 2. The summed E-state index contributed by atoms with van der Waals surface area (Å²) in [7, 11) is 0. The number of nitrogens with one attached hydrogen (secondary N) is 2. The van der Waals surface area contributed by atoms with Gasteiger partial charge in [-0.1, -0.05) is 36.5 Å². The van der Waals surface area contributed by atoms with Gasteiger partial charge in [-0.05, 0) is 30.7 Å². The van der Waals surface area contributed by atoms with Gasteiger partial charge in [-0.3, -0.25) is 0 Å². The first-order valence-electron chi connectivity index (χ1n) is 6.48. The van der Waals surface area contributed by atoms with Gasteiger partial charge in [0, 0.05) is 18.4 Å². The maximum Gasteiger partial charge on any atom is 0.229 e. The van der Waals surface area contributed by atoms with E-state index in [2.05, 4.69) is 27.5 Å². The zero-order chi connectivity index (χ0) is 14.4. The second kappa shape index (κ2) is 7.31. The molecule has 6 heteroatoms. The molecule has 2 aromatic rings. The minimum Gasteiger partial charge on any atom is -0.370 e. The van der Waals surface area contributed by atoms with Crippen LogP contribution in [0.5, 0.6) is 0 Å². The smallest absolute Gasteiger partial charge is 0.229 e. The normalized spacial score (nSPS) is 10.3. The Morgan fingerprint density at radius 1 is 1.15 bits per heavy atom. The van der Waals surface area contributed by atoms with Crippen molar-refractivity contribution in [2.45, 2.75) is 19.8 Å². The summed E-state index contributed by atoms with van der Waals surface area (Å²) >= 11 is 11.8. The topological polar surface area (TPSA) is 49.8 Å². The van der Waals surface area contributed by atoms with Crippen molar-refractivity contribution in [3.63, 3.8) is 0 Å². The molecule has 0 aliphatic carbocycles. The van der Waals surface area contributed by atoms with Gasteiger partial charge in [-0.25, -0.2) is 4.98 Å². The molecule has 0 radical (unpaired) electrons. The van der Waals surface area contributed by atoms with Crippen LogP contribution in [0.15, 0.2) is 30.5 Å². The molecule has 0 amide bonds. The molecule has 106 valence electrons. The van der Waals surface area contributed by atoms with Crippen molar-refractivity contribution in [2.75, 3.05) is 17.2 Å². The van der Waals surface area contributed by atoms with Crippen LogP contribution in [0.2, 0.25) is 10.0 Å². The van der Waals surface area contributed by atoms with E-state index in [1.54, 1.807) is 18.3 Å². The van der Waals surface area contributed by atoms with Gasteiger partial charge in [-0.2, -0.15) is 4.98 Å². The standard InChI is InChI=1S/C14H16Cl2N4/c1-2-3-7-17-13-6-8-18-14(20-13)19-10-4-5-11(15)12(16)9-10/h4-6,8-9H,2-3,7H2,1H3,(H2,17,18,19,20). The fourth-order valence-electron chi connectivity index (χ4n) is 1.61. The number of anilines is 3. The van der Waals surface area contributed by atoms with Gasteiger partial charge in [0.1, 0.15) is 5.82 Å². The molecule has 0 bridgehead atoms. The molecule has 2 N–H and O–H groups in total. The Morgan fingerprint density at radius 2 is 2.00 bits per heavy atom. The van der Waals surface area contributed by atoms with Crippen LogP contribution in [0.1, 0.15) is 19.8 Å². The number of nitrogens with zero attached hydrogens (tertiary/aromatic N) is 2. The Morgan fingerprint density at radius 3 is 2.75 bits per heavy atom. The lowest BCUT2D eigenvalue weighted by Gasteiger charge is -2.08. The number of hydrogen-bond donors (Lipinski definition) is 2. The first kappa shape index (κ1) is 14.9. The van der Waals surface area contributed by atoms with E-state index < -0.39 is 0 Å². The second-order valence-corrected chi connectivity index (χ2v) is 5.11. The second-order valence-electron chi connectivity index (χ2n) is 4.30. The van der Waals surface area contributed by atoms with E-state index >= 15 is 0 Å². The molecule has 1 aromatic carbocycles. The van der Waals surface area contributed by atoms with E-state index in [0.29, 0.717) is 16.0 Å². The molecule has 0 spiro atoms. The molecule has 0 unspecified atom stereocenters. The summed E-state index contributed by atoms with van der Waals surface area (Å²) in [6.45, 7) is 3.05. The Hall–Kier alpha value is -1.52. The lowest BCUT2D eigenvalue weighted by atomic mass is 10.3. The highest BCUT2D eigenvalue weighted by Crippen LogP contribution is 2.26. The van der Waals surface area contributed by atoms with Crippen LogP contribution in [0.3, 0.4) is 0 Å². The van der Waals surface area contributed by atoms with E-state index in [4.69, 9.17) is 23.2 Å². The number of aromatic nitrogens is 2. The summed E-state index contributed by atoms with van der Waals surface area (Å²) in [5, 5.41) is 7.37. The first-order chi connectivity index (χ1) is 9.69. The predicted octanol–water partition coefficient (Wildman–Crippen LogP) is 4.74. The van der Waals surface area contributed by atoms with Crippen molar-refractivity contribution in [1.29, 1.82) is 0 Å². The third-order valence-corrected chi connectivity index (χ3v) is 3.41. The SMILES string of the molecule is CCCCNc1ccnc(Nc2ccc(Cl)c(Cl)c2)n1. The summed E-state index contributed by atoms with van der Waals surface area (Å²) in [4.78, 5) is 8.56. The van der Waals surface area contributed by atoms with Crippen LogP contribution in [0.25, 0.3) is 0 Å². The van der Waals surface area contributed by atoms with Gasteiger partial charge >= 0.3 is 0 Å². The lowest BCUT2D eigenvalue weighted by Crippen LogP contribution is -2.05. The van der Waals surface area contributed by atoms with Gasteiger partial charge in [0.2, 0.25) is 5.95 Å². The van der Waals surface area contributed by atoms with Gasteiger partial charge in [-0.15, -0.1) is 0 Å². The number of unbranched alkanes of at least 4 members (excludes halogenated alkanes) is 1. The average Bonchev–Trinajstić information content (AvgIpc) is 2.44. The Labute approximate surface area is 128 Å². The maximum atomic E-state index is 5.97. The zero-order valence-electron chi connectivity index (χ0n) is 11.2. The van der Waals surface area contributed by atoms with Crippen LogP contribution in [0.4, 0.5) is 17.5 Å². The molecule has 4 nitrogen and oxygen atoms in total. The number of benzene rings is 1. The number of hydrogen-bond acceptors (Lipinski definition) is 4. The molecule has 1 heterocycles. The molecule has 2 rings (SSSR count). The Kier molecular flexibility index (Phi) is 5.44. The van der Waals surface area contributed by atoms with Gasteiger partial charge in [0.25, 0.3) is 0 Å². The van der Waals surface area contributed by atoms with Crippen molar-refractivity contribution in [2.24, 2.45) is 0 Å². The molecule has 0 aliphatic heterocycles. The monoisotopic (exact) mass is 310 g/mol. The summed E-state index contributed by atoms with van der Waals surface area (Å²) in [5.74, 6) is 1.32. The van der Waals surface area contributed by atoms with E-state index in [9.17, 15) is 0 Å². The third-order valence-electron chi connectivity index (χ3n) is 2.67. The van der Waals surface area contributed by atoms with Crippen LogP contribution in [0, 0.1) is 0 Å². The maximum absolute atomic E-state index is 5.97. The van der Waals surface area contributed by atoms with Crippen molar-refractivity contribution in [3.05, 3.63) is 40.5 Å². The van der Waals surface area contributed by atoms with E-state index in [1.807, 2.05) is 12.1 Å². The van der Waals surface area contributed by atoms with E-state index in [-0.39, 0.29) is 0 Å². The highest BCUT2D eigenvalue weighted by atomic mass is 35.5. The van der Waals surface area contributed by atoms with Gasteiger partial charge in [0.05, 0.1) is 10.0 Å². The highest BCUT2D eigenvalue weighted by Gasteiger charge is 2.02. The largest absolute Gasteiger partial charge is 0.370 e. The molecule has 0 atom stereocenters.